The molecule has 0 N–H and O–H groups in total. The molecule has 1 heterocycles. The second-order valence-corrected chi connectivity index (χ2v) is 7.79. The minimum absolute atomic E-state index is 0.0716. The first-order valence-corrected chi connectivity index (χ1v) is 8.56. The van der Waals surface area contributed by atoms with E-state index in [1.165, 1.54) is 10.8 Å². The third kappa shape index (κ3) is 3.27. The summed E-state index contributed by atoms with van der Waals surface area (Å²) in [5, 5.41) is 4.35. The van der Waals surface area contributed by atoms with Crippen molar-refractivity contribution < 1.29 is 4.79 Å². The Bertz CT molecular complexity index is 796. The maximum Gasteiger partial charge on any atom is 0.254 e. The maximum atomic E-state index is 12.4. The highest BCUT2D eigenvalue weighted by Gasteiger charge is 2.13. The van der Waals surface area contributed by atoms with Gasteiger partial charge in [0.05, 0.1) is 8.45 Å². The molecule has 0 spiro atoms. The summed E-state index contributed by atoms with van der Waals surface area (Å²) in [7, 11) is 1.85. The molecular formula is C17H14INOS. The second-order valence-electron chi connectivity index (χ2n) is 4.98. The fourth-order valence-electron chi connectivity index (χ4n) is 2.33. The van der Waals surface area contributed by atoms with Crippen molar-refractivity contribution >= 4 is 50.6 Å². The van der Waals surface area contributed by atoms with Gasteiger partial charge in [-0.3, -0.25) is 4.79 Å². The molecule has 3 rings (SSSR count). The molecule has 0 bridgehead atoms. The smallest absolute Gasteiger partial charge is 0.254 e. The highest BCUT2D eigenvalue weighted by molar-refractivity contribution is 14.1. The summed E-state index contributed by atoms with van der Waals surface area (Å²) in [6.07, 6.45) is 0. The van der Waals surface area contributed by atoms with Crippen LogP contribution >= 0.6 is 33.9 Å². The molecule has 1 amide bonds. The van der Waals surface area contributed by atoms with E-state index in [2.05, 4.69) is 52.9 Å². The molecule has 0 saturated carbocycles. The van der Waals surface area contributed by atoms with Crippen LogP contribution in [0, 0.1) is 2.88 Å². The number of hydrogen-bond donors (Lipinski definition) is 0. The molecule has 3 aromatic rings. The molecule has 0 aliphatic rings. The van der Waals surface area contributed by atoms with Crippen molar-refractivity contribution in [2.45, 2.75) is 6.54 Å². The number of carbonyl (C=O) groups is 1. The number of rotatable bonds is 3. The highest BCUT2D eigenvalue weighted by atomic mass is 127. The van der Waals surface area contributed by atoms with Crippen molar-refractivity contribution in [2.24, 2.45) is 0 Å². The first kappa shape index (κ1) is 14.5. The molecular weight excluding hydrogens is 393 g/mol. The number of nitrogens with zero attached hydrogens (tertiary/aromatic N) is 1. The predicted octanol–water partition coefficient (Wildman–Crippen LogP) is 4.78. The third-order valence-corrected chi connectivity index (χ3v) is 5.18. The van der Waals surface area contributed by atoms with Crippen LogP contribution in [0.2, 0.25) is 0 Å². The number of amides is 1. The molecule has 0 fully saturated rings. The van der Waals surface area contributed by atoms with E-state index in [0.29, 0.717) is 6.54 Å². The van der Waals surface area contributed by atoms with Gasteiger partial charge in [-0.1, -0.05) is 36.4 Å². The van der Waals surface area contributed by atoms with Crippen molar-refractivity contribution in [3.05, 3.63) is 67.9 Å². The SMILES string of the molecule is CN(Cc1ccc2ccccc2c1)C(=O)c1csc(I)c1. The van der Waals surface area contributed by atoms with Crippen molar-refractivity contribution in [1.29, 1.82) is 0 Å². The molecule has 2 nitrogen and oxygen atoms in total. The Labute approximate surface area is 141 Å². The Morgan fingerprint density at radius 2 is 1.90 bits per heavy atom. The Hall–Kier alpha value is -1.40. The summed E-state index contributed by atoms with van der Waals surface area (Å²) in [4.78, 5) is 14.1. The zero-order valence-corrected chi connectivity index (χ0v) is 14.5. The van der Waals surface area contributed by atoms with E-state index in [0.717, 1.165) is 14.0 Å². The van der Waals surface area contributed by atoms with Crippen LogP contribution in [0.5, 0.6) is 0 Å². The van der Waals surface area contributed by atoms with Gasteiger partial charge in [-0.15, -0.1) is 11.3 Å². The predicted molar refractivity (Wildman–Crippen MR) is 96.8 cm³/mol. The molecule has 0 aliphatic carbocycles. The average Bonchev–Trinajstić information content (AvgIpc) is 2.93. The first-order valence-electron chi connectivity index (χ1n) is 6.60. The minimum Gasteiger partial charge on any atom is -0.337 e. The van der Waals surface area contributed by atoms with Gasteiger partial charge in [0.1, 0.15) is 0 Å². The molecule has 0 unspecified atom stereocenters. The van der Waals surface area contributed by atoms with E-state index in [9.17, 15) is 4.79 Å². The quantitative estimate of drug-likeness (QED) is 0.573. The molecule has 106 valence electrons. The Morgan fingerprint density at radius 1 is 1.14 bits per heavy atom. The largest absolute Gasteiger partial charge is 0.337 e. The molecule has 0 aliphatic heterocycles. The lowest BCUT2D eigenvalue weighted by Crippen LogP contribution is -2.25. The van der Waals surface area contributed by atoms with Crippen LogP contribution in [-0.2, 0) is 6.54 Å². The van der Waals surface area contributed by atoms with Crippen LogP contribution in [0.1, 0.15) is 15.9 Å². The van der Waals surface area contributed by atoms with Gasteiger partial charge in [-0.25, -0.2) is 0 Å². The van der Waals surface area contributed by atoms with Gasteiger partial charge in [0.2, 0.25) is 0 Å². The van der Waals surface area contributed by atoms with Crippen LogP contribution in [0.4, 0.5) is 0 Å². The zero-order chi connectivity index (χ0) is 14.8. The number of thiophene rings is 1. The van der Waals surface area contributed by atoms with Crippen molar-refractivity contribution in [2.75, 3.05) is 7.05 Å². The van der Waals surface area contributed by atoms with Gasteiger partial charge < -0.3 is 4.90 Å². The summed E-state index contributed by atoms with van der Waals surface area (Å²) in [6, 6.07) is 16.5. The van der Waals surface area contributed by atoms with Gasteiger partial charge >= 0.3 is 0 Å². The van der Waals surface area contributed by atoms with Gasteiger partial charge in [-0.05, 0) is 51.1 Å². The van der Waals surface area contributed by atoms with Crippen LogP contribution in [0.3, 0.4) is 0 Å². The fraction of sp³-hybridized carbons (Fsp3) is 0.118. The van der Waals surface area contributed by atoms with Gasteiger partial charge in [0.25, 0.3) is 5.91 Å². The third-order valence-electron chi connectivity index (χ3n) is 3.39. The molecule has 4 heteroatoms. The van der Waals surface area contributed by atoms with E-state index >= 15 is 0 Å². The van der Waals surface area contributed by atoms with Gasteiger partial charge in [0, 0.05) is 19.0 Å². The molecule has 0 saturated heterocycles. The number of fused-ring (bicyclic) bond motifs is 1. The topological polar surface area (TPSA) is 20.3 Å². The Kier molecular flexibility index (Phi) is 4.26. The molecule has 21 heavy (non-hydrogen) atoms. The van der Waals surface area contributed by atoms with E-state index < -0.39 is 0 Å². The molecule has 2 aromatic carbocycles. The lowest BCUT2D eigenvalue weighted by Gasteiger charge is -2.17. The molecule has 0 atom stereocenters. The monoisotopic (exact) mass is 407 g/mol. The van der Waals surface area contributed by atoms with Crippen LogP contribution in [0.15, 0.2) is 53.9 Å². The number of carbonyl (C=O) groups excluding carboxylic acids is 1. The standard InChI is InChI=1S/C17H14INOS/c1-19(17(20)15-9-16(18)21-11-15)10-12-6-7-13-4-2-3-5-14(13)8-12/h2-9,11H,10H2,1H3. The number of hydrogen-bond acceptors (Lipinski definition) is 2. The zero-order valence-electron chi connectivity index (χ0n) is 11.5. The minimum atomic E-state index is 0.0716. The second kappa shape index (κ2) is 6.15. The van der Waals surface area contributed by atoms with Gasteiger partial charge in [0.15, 0.2) is 0 Å². The summed E-state index contributed by atoms with van der Waals surface area (Å²) >= 11 is 3.84. The van der Waals surface area contributed by atoms with E-state index in [4.69, 9.17) is 0 Å². The Balaban J connectivity index is 1.79. The maximum absolute atomic E-state index is 12.4. The summed E-state index contributed by atoms with van der Waals surface area (Å²) in [5.74, 6) is 0.0716. The summed E-state index contributed by atoms with van der Waals surface area (Å²) in [6.45, 7) is 0.621. The van der Waals surface area contributed by atoms with E-state index in [1.807, 2.05) is 30.6 Å². The summed E-state index contributed by atoms with van der Waals surface area (Å²) in [5.41, 5.74) is 1.92. The van der Waals surface area contributed by atoms with Crippen molar-refractivity contribution in [3.8, 4) is 0 Å². The van der Waals surface area contributed by atoms with Crippen LogP contribution < -0.4 is 0 Å². The van der Waals surface area contributed by atoms with Crippen LogP contribution in [-0.4, -0.2) is 17.9 Å². The molecule has 1 aromatic heterocycles. The van der Waals surface area contributed by atoms with E-state index in [1.54, 1.807) is 16.2 Å². The van der Waals surface area contributed by atoms with Gasteiger partial charge in [-0.2, -0.15) is 0 Å². The Morgan fingerprint density at radius 3 is 2.62 bits per heavy atom. The fourth-order valence-corrected chi connectivity index (χ4v) is 3.65. The average molecular weight is 407 g/mol. The normalized spacial score (nSPS) is 10.8. The first-order chi connectivity index (χ1) is 10.1. The highest BCUT2D eigenvalue weighted by Crippen LogP contribution is 2.20. The molecule has 0 radical (unpaired) electrons. The number of halogens is 1. The van der Waals surface area contributed by atoms with Crippen molar-refractivity contribution in [1.82, 2.24) is 4.90 Å². The van der Waals surface area contributed by atoms with Crippen molar-refractivity contribution in [3.63, 3.8) is 0 Å². The lowest BCUT2D eigenvalue weighted by atomic mass is 10.1. The van der Waals surface area contributed by atoms with Crippen LogP contribution in [0.25, 0.3) is 10.8 Å². The number of benzene rings is 2. The summed E-state index contributed by atoms with van der Waals surface area (Å²) < 4.78 is 1.13. The van der Waals surface area contributed by atoms with E-state index in [-0.39, 0.29) is 5.91 Å². The lowest BCUT2D eigenvalue weighted by molar-refractivity contribution is 0.0785.